The third-order valence-corrected chi connectivity index (χ3v) is 5.67. The van der Waals surface area contributed by atoms with Gasteiger partial charge in [0.05, 0.1) is 13.2 Å². The Bertz CT molecular complexity index is 570. The summed E-state index contributed by atoms with van der Waals surface area (Å²) in [5, 5.41) is 0. The van der Waals surface area contributed by atoms with Crippen molar-refractivity contribution in [3.05, 3.63) is 23.7 Å². The van der Waals surface area contributed by atoms with Crippen molar-refractivity contribution in [2.75, 3.05) is 26.3 Å². The van der Waals surface area contributed by atoms with E-state index in [1.807, 2.05) is 11.0 Å². The summed E-state index contributed by atoms with van der Waals surface area (Å²) in [6, 6.07) is 4.12. The summed E-state index contributed by atoms with van der Waals surface area (Å²) in [6.45, 7) is 5.29. The second kappa shape index (κ2) is 6.89. The SMILES string of the molecule is CC1CC1c1ccc(CCC(=O)N2CCC(C3OCCO3)CC2)o1. The molecule has 2 aliphatic heterocycles. The van der Waals surface area contributed by atoms with Gasteiger partial charge in [-0.05, 0) is 37.3 Å². The van der Waals surface area contributed by atoms with Crippen molar-refractivity contribution in [2.24, 2.45) is 11.8 Å². The fourth-order valence-electron chi connectivity index (χ4n) is 3.90. The molecule has 3 aliphatic rings. The van der Waals surface area contributed by atoms with Gasteiger partial charge in [-0.2, -0.15) is 0 Å². The van der Waals surface area contributed by atoms with Gasteiger partial charge in [-0.25, -0.2) is 0 Å². The van der Waals surface area contributed by atoms with Crippen molar-refractivity contribution in [3.8, 4) is 0 Å². The van der Waals surface area contributed by atoms with E-state index in [1.54, 1.807) is 0 Å². The van der Waals surface area contributed by atoms with E-state index in [-0.39, 0.29) is 12.2 Å². The van der Waals surface area contributed by atoms with E-state index in [0.717, 1.165) is 43.4 Å². The van der Waals surface area contributed by atoms with Crippen LogP contribution in [0, 0.1) is 11.8 Å². The van der Waals surface area contributed by atoms with Gasteiger partial charge in [0.2, 0.25) is 5.91 Å². The summed E-state index contributed by atoms with van der Waals surface area (Å²) < 4.78 is 17.1. The van der Waals surface area contributed by atoms with E-state index < -0.39 is 0 Å². The molecule has 0 spiro atoms. The summed E-state index contributed by atoms with van der Waals surface area (Å²) in [7, 11) is 0. The third-order valence-electron chi connectivity index (χ3n) is 5.67. The van der Waals surface area contributed by atoms with E-state index in [0.29, 0.717) is 37.9 Å². The predicted molar refractivity (Wildman–Crippen MR) is 88.5 cm³/mol. The number of furan rings is 1. The molecular weight excluding hydrogens is 306 g/mol. The molecule has 2 unspecified atom stereocenters. The first kappa shape index (κ1) is 16.2. The lowest BCUT2D eigenvalue weighted by molar-refractivity contribution is -0.136. The van der Waals surface area contributed by atoms with Crippen molar-refractivity contribution < 1.29 is 18.7 Å². The second-order valence-electron chi connectivity index (χ2n) is 7.45. The fraction of sp³-hybridized carbons (Fsp3) is 0.737. The Labute approximate surface area is 143 Å². The van der Waals surface area contributed by atoms with Crippen molar-refractivity contribution >= 4 is 5.91 Å². The van der Waals surface area contributed by atoms with Crippen LogP contribution < -0.4 is 0 Å². The Morgan fingerprint density at radius 3 is 2.58 bits per heavy atom. The number of amides is 1. The van der Waals surface area contributed by atoms with Gasteiger partial charge in [0.1, 0.15) is 11.5 Å². The molecule has 1 aromatic rings. The molecule has 0 aromatic carbocycles. The average molecular weight is 333 g/mol. The van der Waals surface area contributed by atoms with Crippen LogP contribution >= 0.6 is 0 Å². The lowest BCUT2D eigenvalue weighted by atomic mass is 9.96. The molecule has 132 valence electrons. The van der Waals surface area contributed by atoms with Gasteiger partial charge in [0.15, 0.2) is 6.29 Å². The van der Waals surface area contributed by atoms with E-state index >= 15 is 0 Å². The summed E-state index contributed by atoms with van der Waals surface area (Å²) >= 11 is 0. The quantitative estimate of drug-likeness (QED) is 0.831. The number of carbonyl (C=O) groups excluding carboxylic acids is 1. The van der Waals surface area contributed by atoms with Crippen LogP contribution in [0.2, 0.25) is 0 Å². The van der Waals surface area contributed by atoms with Gasteiger partial charge >= 0.3 is 0 Å². The maximum Gasteiger partial charge on any atom is 0.223 e. The minimum atomic E-state index is -0.0476. The standard InChI is InChI=1S/C19H27NO4/c1-13-12-16(13)17-4-2-15(24-17)3-5-18(21)20-8-6-14(7-9-20)19-22-10-11-23-19/h2,4,13-14,16,19H,3,5-12H2,1H3. The molecule has 2 saturated heterocycles. The maximum atomic E-state index is 12.4. The molecule has 1 saturated carbocycles. The zero-order chi connectivity index (χ0) is 16.5. The molecule has 4 rings (SSSR count). The van der Waals surface area contributed by atoms with E-state index in [1.165, 1.54) is 6.42 Å². The molecule has 0 bridgehead atoms. The second-order valence-corrected chi connectivity index (χ2v) is 7.45. The molecule has 0 N–H and O–H groups in total. The van der Waals surface area contributed by atoms with Crippen LogP contribution in [0.3, 0.4) is 0 Å². The van der Waals surface area contributed by atoms with Crippen LogP contribution in [0.5, 0.6) is 0 Å². The molecule has 1 amide bonds. The smallest absolute Gasteiger partial charge is 0.223 e. The fourth-order valence-corrected chi connectivity index (χ4v) is 3.90. The topological polar surface area (TPSA) is 51.9 Å². The van der Waals surface area contributed by atoms with E-state index in [2.05, 4.69) is 13.0 Å². The Hall–Kier alpha value is -1.33. The average Bonchev–Trinajstić information content (AvgIpc) is 3.04. The minimum absolute atomic E-state index is 0.0476. The van der Waals surface area contributed by atoms with Gasteiger partial charge in [0, 0.05) is 37.8 Å². The van der Waals surface area contributed by atoms with Crippen LogP contribution in [-0.2, 0) is 20.7 Å². The Kier molecular flexibility index (Phi) is 4.63. The molecular formula is C19H27NO4. The highest BCUT2D eigenvalue weighted by Crippen LogP contribution is 2.47. The van der Waals surface area contributed by atoms with Crippen LogP contribution in [0.4, 0.5) is 0 Å². The van der Waals surface area contributed by atoms with Crippen molar-refractivity contribution in [2.45, 2.75) is 51.2 Å². The van der Waals surface area contributed by atoms with E-state index in [9.17, 15) is 4.79 Å². The van der Waals surface area contributed by atoms with Crippen LogP contribution in [-0.4, -0.2) is 43.4 Å². The Morgan fingerprint density at radius 1 is 1.21 bits per heavy atom. The molecule has 5 nitrogen and oxygen atoms in total. The summed E-state index contributed by atoms with van der Waals surface area (Å²) in [4.78, 5) is 14.4. The van der Waals surface area contributed by atoms with Crippen molar-refractivity contribution in [3.63, 3.8) is 0 Å². The van der Waals surface area contributed by atoms with Gasteiger partial charge in [0.25, 0.3) is 0 Å². The highest BCUT2D eigenvalue weighted by molar-refractivity contribution is 5.76. The van der Waals surface area contributed by atoms with Crippen LogP contribution in [0.1, 0.15) is 50.0 Å². The van der Waals surface area contributed by atoms with Gasteiger partial charge in [-0.1, -0.05) is 6.92 Å². The predicted octanol–water partition coefficient (Wildman–Crippen LogP) is 2.95. The number of carbonyl (C=O) groups is 1. The third kappa shape index (κ3) is 3.52. The maximum absolute atomic E-state index is 12.4. The number of piperidine rings is 1. The largest absolute Gasteiger partial charge is 0.466 e. The molecule has 3 fully saturated rings. The molecule has 5 heteroatoms. The first-order valence-corrected chi connectivity index (χ1v) is 9.30. The monoisotopic (exact) mass is 333 g/mol. The molecule has 1 aromatic heterocycles. The Morgan fingerprint density at radius 2 is 1.92 bits per heavy atom. The first-order valence-electron chi connectivity index (χ1n) is 9.30. The summed E-state index contributed by atoms with van der Waals surface area (Å²) in [5.74, 6) is 4.07. The number of ether oxygens (including phenoxy) is 2. The number of aryl methyl sites for hydroxylation is 1. The van der Waals surface area contributed by atoms with Crippen molar-refractivity contribution in [1.29, 1.82) is 0 Å². The van der Waals surface area contributed by atoms with Crippen LogP contribution in [0.25, 0.3) is 0 Å². The minimum Gasteiger partial charge on any atom is -0.466 e. The molecule has 24 heavy (non-hydrogen) atoms. The van der Waals surface area contributed by atoms with Crippen molar-refractivity contribution in [1.82, 2.24) is 4.90 Å². The van der Waals surface area contributed by atoms with Gasteiger partial charge in [-0.3, -0.25) is 4.79 Å². The zero-order valence-electron chi connectivity index (χ0n) is 14.4. The number of rotatable bonds is 5. The molecule has 2 atom stereocenters. The highest BCUT2D eigenvalue weighted by Gasteiger charge is 2.36. The first-order chi connectivity index (χ1) is 11.7. The summed E-state index contributed by atoms with van der Waals surface area (Å²) in [6.07, 6.45) is 4.37. The molecule has 0 radical (unpaired) electrons. The van der Waals surface area contributed by atoms with Gasteiger partial charge < -0.3 is 18.8 Å². The van der Waals surface area contributed by atoms with Gasteiger partial charge in [-0.15, -0.1) is 0 Å². The lowest BCUT2D eigenvalue weighted by Gasteiger charge is -2.33. The number of likely N-dealkylation sites (tertiary alicyclic amines) is 1. The highest BCUT2D eigenvalue weighted by atomic mass is 16.7. The lowest BCUT2D eigenvalue weighted by Crippen LogP contribution is -2.41. The number of nitrogens with zero attached hydrogens (tertiary/aromatic N) is 1. The number of hydrogen-bond donors (Lipinski definition) is 0. The van der Waals surface area contributed by atoms with E-state index in [4.69, 9.17) is 13.9 Å². The molecule has 3 heterocycles. The normalized spacial score (nSPS) is 28.5. The zero-order valence-corrected chi connectivity index (χ0v) is 14.4. The molecule has 1 aliphatic carbocycles. The summed E-state index contributed by atoms with van der Waals surface area (Å²) in [5.41, 5.74) is 0. The number of hydrogen-bond acceptors (Lipinski definition) is 4. The Balaban J connectivity index is 1.21. The van der Waals surface area contributed by atoms with Crippen LogP contribution in [0.15, 0.2) is 16.5 Å².